The molecule has 1 atom stereocenters. The normalized spacial score (nSPS) is 18.4. The molecule has 28 heavy (non-hydrogen) atoms. The van der Waals surface area contributed by atoms with Crippen molar-refractivity contribution in [2.75, 3.05) is 12.3 Å². The third-order valence-electron chi connectivity index (χ3n) is 5.95. The van der Waals surface area contributed by atoms with E-state index in [9.17, 15) is 19.8 Å². The maximum absolute atomic E-state index is 13.1. The molecule has 1 amide bonds. The van der Waals surface area contributed by atoms with Crippen LogP contribution in [0.4, 0.5) is 0 Å². The van der Waals surface area contributed by atoms with Gasteiger partial charge in [-0.3, -0.25) is 9.59 Å². The number of H-pyrrole nitrogens is 1. The number of nitrogens with one attached hydrogen (secondary N) is 2. The number of fused-ring (bicyclic) bond motifs is 3. The zero-order valence-electron chi connectivity index (χ0n) is 15.8. The Morgan fingerprint density at radius 2 is 2.11 bits per heavy atom. The van der Waals surface area contributed by atoms with Gasteiger partial charge in [0.25, 0.3) is 0 Å². The second-order valence-electron chi connectivity index (χ2n) is 7.57. The third-order valence-corrected chi connectivity index (χ3v) is 6.17. The van der Waals surface area contributed by atoms with Gasteiger partial charge in [-0.25, -0.2) is 0 Å². The van der Waals surface area contributed by atoms with Crippen molar-refractivity contribution in [3.8, 4) is 5.75 Å². The number of carbonyl (C=O) groups excluding carboxylic acids is 1. The molecule has 7 heteroatoms. The molecule has 1 aromatic carbocycles. The number of phenols is 1. The topological polar surface area (TPSA) is 102 Å². The number of thiol groups is 1. The van der Waals surface area contributed by atoms with Crippen LogP contribution in [0.1, 0.15) is 36.0 Å². The predicted octanol–water partition coefficient (Wildman–Crippen LogP) is 0.934. The van der Waals surface area contributed by atoms with Gasteiger partial charge in [-0.05, 0) is 49.3 Å². The third kappa shape index (κ3) is 2.89. The van der Waals surface area contributed by atoms with E-state index in [0.717, 1.165) is 11.1 Å². The Morgan fingerprint density at radius 3 is 2.86 bits per heavy atom. The molecule has 0 fully saturated rings. The maximum Gasteiger partial charge on any atom is 0.223 e. The molecule has 2 aliphatic carbocycles. The van der Waals surface area contributed by atoms with Gasteiger partial charge in [-0.15, -0.1) is 0 Å². The Balaban J connectivity index is 1.92. The molecule has 4 N–H and O–H groups in total. The van der Waals surface area contributed by atoms with E-state index in [1.807, 2.05) is 6.92 Å². The molecular formula is C21H24N2O4S. The number of aliphatic hydroxyl groups excluding tert-OH is 1. The fraction of sp³-hybridized carbons (Fsp3) is 0.429. The van der Waals surface area contributed by atoms with E-state index < -0.39 is 0 Å². The van der Waals surface area contributed by atoms with Gasteiger partial charge in [0.1, 0.15) is 11.5 Å². The average Bonchev–Trinajstić information content (AvgIpc) is 2.70. The van der Waals surface area contributed by atoms with Crippen molar-refractivity contribution < 1.29 is 15.0 Å². The Morgan fingerprint density at radius 1 is 1.32 bits per heavy atom. The summed E-state index contributed by atoms with van der Waals surface area (Å²) in [5.41, 5.74) is 2.87. The van der Waals surface area contributed by atoms with Crippen LogP contribution in [-0.2, 0) is 17.6 Å². The molecule has 4 rings (SSSR count). The lowest BCUT2D eigenvalue weighted by molar-refractivity contribution is -0.125. The van der Waals surface area contributed by atoms with E-state index in [-0.39, 0.29) is 34.1 Å². The van der Waals surface area contributed by atoms with Gasteiger partial charge in [0, 0.05) is 29.9 Å². The summed E-state index contributed by atoms with van der Waals surface area (Å²) in [5, 5.41) is 25.2. The lowest BCUT2D eigenvalue weighted by Gasteiger charge is -2.27. The van der Waals surface area contributed by atoms with E-state index >= 15 is 0 Å². The molecule has 1 unspecified atom stereocenters. The molecule has 0 saturated heterocycles. The van der Waals surface area contributed by atoms with Gasteiger partial charge in [0.15, 0.2) is 0 Å². The highest BCUT2D eigenvalue weighted by atomic mass is 32.1. The molecule has 2 aromatic rings. The van der Waals surface area contributed by atoms with Crippen LogP contribution in [0, 0.1) is 12.8 Å². The summed E-state index contributed by atoms with van der Waals surface area (Å²) in [6, 6.07) is 0. The van der Waals surface area contributed by atoms with Gasteiger partial charge >= 0.3 is 0 Å². The smallest absolute Gasteiger partial charge is 0.223 e. The maximum atomic E-state index is 13.1. The summed E-state index contributed by atoms with van der Waals surface area (Å²) < 4.78 is 0. The number of aromatic hydroxyl groups is 1. The summed E-state index contributed by atoms with van der Waals surface area (Å²) in [6.07, 6.45) is 4.64. The highest BCUT2D eigenvalue weighted by molar-refractivity contribution is 7.80. The second-order valence-corrected chi connectivity index (χ2v) is 8.01. The van der Waals surface area contributed by atoms with Crippen LogP contribution >= 0.6 is 12.6 Å². The van der Waals surface area contributed by atoms with E-state index in [0.29, 0.717) is 66.0 Å². The number of carbonyl (C=O) groups is 1. The minimum Gasteiger partial charge on any atom is -0.510 e. The number of amides is 1. The minimum absolute atomic E-state index is 0.0372. The number of aromatic nitrogens is 1. The molecule has 1 heterocycles. The van der Waals surface area contributed by atoms with Crippen LogP contribution in [-0.4, -0.2) is 33.4 Å². The van der Waals surface area contributed by atoms with Gasteiger partial charge in [0.05, 0.1) is 16.3 Å². The molecule has 0 radical (unpaired) electrons. The van der Waals surface area contributed by atoms with Crippen LogP contribution in [0.15, 0.2) is 4.79 Å². The second kappa shape index (κ2) is 7.20. The lowest BCUT2D eigenvalue weighted by Crippen LogP contribution is -2.44. The molecule has 6 nitrogen and oxygen atoms in total. The minimum atomic E-state index is -0.278. The molecule has 2 aliphatic rings. The van der Waals surface area contributed by atoms with Gasteiger partial charge in [-0.2, -0.15) is 12.6 Å². The first-order valence-electron chi connectivity index (χ1n) is 9.64. The van der Waals surface area contributed by atoms with Crippen LogP contribution in [0.3, 0.4) is 0 Å². The Kier molecular flexibility index (Phi) is 4.87. The molecule has 1 aromatic heterocycles. The summed E-state index contributed by atoms with van der Waals surface area (Å²) in [7, 11) is 0. The molecule has 148 valence electrons. The first-order valence-corrected chi connectivity index (χ1v) is 10.3. The van der Waals surface area contributed by atoms with E-state index in [4.69, 9.17) is 0 Å². The van der Waals surface area contributed by atoms with Crippen LogP contribution in [0.2, 0.25) is 0 Å². The van der Waals surface area contributed by atoms with Gasteiger partial charge in [-0.1, -0.05) is 6.08 Å². The van der Waals surface area contributed by atoms with E-state index in [1.165, 1.54) is 0 Å². The van der Waals surface area contributed by atoms with Crippen LogP contribution in [0.25, 0.3) is 22.7 Å². The van der Waals surface area contributed by atoms with Crippen molar-refractivity contribution in [2.45, 2.75) is 39.0 Å². The molecule has 0 saturated carbocycles. The summed E-state index contributed by atoms with van der Waals surface area (Å²) in [5.74, 6) is 0.448. The van der Waals surface area contributed by atoms with Crippen molar-refractivity contribution in [3.63, 3.8) is 0 Å². The van der Waals surface area contributed by atoms with Crippen molar-refractivity contribution in [1.29, 1.82) is 0 Å². The number of hydrogen-bond acceptors (Lipinski definition) is 5. The van der Waals surface area contributed by atoms with Crippen molar-refractivity contribution in [3.05, 3.63) is 37.5 Å². The highest BCUT2D eigenvalue weighted by Gasteiger charge is 2.30. The Labute approximate surface area is 167 Å². The zero-order valence-corrected chi connectivity index (χ0v) is 16.7. The molecular weight excluding hydrogens is 376 g/mol. The lowest BCUT2D eigenvalue weighted by atomic mass is 9.79. The number of pyridine rings is 1. The number of rotatable bonds is 3. The predicted molar refractivity (Wildman–Crippen MR) is 112 cm³/mol. The highest BCUT2D eigenvalue weighted by Crippen LogP contribution is 2.38. The first-order chi connectivity index (χ1) is 13.4. The standard InChI is InChI=1S/C21H24N2O4S/c1-10-12-6-5-11(21(27)22-7-8-28)9-14(12)20(26)16-17(10)23-18-13(19(16)25)3-2-4-15(18)24/h3,11,23-24,26,28H,2,4-9H2,1H3,(H,22,27). The molecule has 0 bridgehead atoms. The van der Waals surface area contributed by atoms with Crippen molar-refractivity contribution in [1.82, 2.24) is 10.3 Å². The van der Waals surface area contributed by atoms with Gasteiger partial charge in [0.2, 0.25) is 11.3 Å². The number of aromatic amines is 1. The quantitative estimate of drug-likeness (QED) is 0.495. The SMILES string of the molecule is Cc1c2c(c(O)c3c(=O)c4c([nH]c13)=C(O)CCC=4)CC(C(=O)NCCS)CC2. The summed E-state index contributed by atoms with van der Waals surface area (Å²) in [6.45, 7) is 2.43. The summed E-state index contributed by atoms with van der Waals surface area (Å²) >= 11 is 4.12. The fourth-order valence-corrected chi connectivity index (χ4v) is 4.58. The van der Waals surface area contributed by atoms with Gasteiger partial charge < -0.3 is 20.5 Å². The van der Waals surface area contributed by atoms with E-state index in [2.05, 4.69) is 22.9 Å². The van der Waals surface area contributed by atoms with Crippen LogP contribution < -0.4 is 21.3 Å². The number of aliphatic hydroxyl groups is 1. The van der Waals surface area contributed by atoms with E-state index in [1.54, 1.807) is 6.08 Å². The number of hydrogen-bond donors (Lipinski definition) is 5. The Hall–Kier alpha value is -2.41. The fourth-order valence-electron chi connectivity index (χ4n) is 4.47. The number of benzene rings is 1. The zero-order chi connectivity index (χ0) is 20.0. The number of phenolic OH excluding ortho intramolecular Hbond substituents is 1. The first kappa shape index (κ1) is 18.9. The summed E-state index contributed by atoms with van der Waals surface area (Å²) in [4.78, 5) is 28.7. The molecule has 0 aliphatic heterocycles. The average molecular weight is 401 g/mol. The van der Waals surface area contributed by atoms with Crippen molar-refractivity contribution in [2.24, 2.45) is 5.92 Å². The molecule has 0 spiro atoms. The van der Waals surface area contributed by atoms with Crippen LogP contribution in [0.5, 0.6) is 5.75 Å². The largest absolute Gasteiger partial charge is 0.510 e. The number of aryl methyl sites for hydroxylation is 1. The van der Waals surface area contributed by atoms with Crippen molar-refractivity contribution >= 4 is 41.3 Å². The Bertz CT molecular complexity index is 1170. The monoisotopic (exact) mass is 400 g/mol.